The molecule has 1 amide bonds. The van der Waals surface area contributed by atoms with Crippen molar-refractivity contribution in [1.29, 1.82) is 0 Å². The van der Waals surface area contributed by atoms with E-state index in [0.717, 1.165) is 0 Å². The van der Waals surface area contributed by atoms with Gasteiger partial charge in [-0.3, -0.25) is 9.69 Å². The molecule has 1 fully saturated rings. The molecule has 1 heterocycles. The minimum absolute atomic E-state index is 0.112. The third-order valence-electron chi connectivity index (χ3n) is 2.76. The molecule has 2 rings (SSSR count). The molecular formula is C14H13Cl2NO2S2. The normalized spacial score (nSPS) is 17.4. The number of nitrogens with zero attached hydrogens (tertiary/aromatic N) is 1. The number of phenols is 1. The van der Waals surface area contributed by atoms with E-state index in [2.05, 4.69) is 0 Å². The summed E-state index contributed by atoms with van der Waals surface area (Å²) in [4.78, 5) is 14.5. The number of hydrogen-bond donors (Lipinski definition) is 1. The summed E-state index contributed by atoms with van der Waals surface area (Å²) in [5, 5.41) is 9.83. The summed E-state index contributed by atoms with van der Waals surface area (Å²) in [7, 11) is 0. The molecule has 1 aromatic rings. The Morgan fingerprint density at radius 2 is 1.95 bits per heavy atom. The van der Waals surface area contributed by atoms with Crippen molar-refractivity contribution in [3.63, 3.8) is 0 Å². The van der Waals surface area contributed by atoms with Crippen LogP contribution < -0.4 is 0 Å². The van der Waals surface area contributed by atoms with Gasteiger partial charge in [-0.2, -0.15) is 0 Å². The first-order chi connectivity index (χ1) is 9.79. The van der Waals surface area contributed by atoms with Gasteiger partial charge in [-0.05, 0) is 29.7 Å². The molecular weight excluding hydrogens is 349 g/mol. The van der Waals surface area contributed by atoms with E-state index in [1.807, 2.05) is 13.8 Å². The highest BCUT2D eigenvalue weighted by Crippen LogP contribution is 2.36. The molecule has 1 aliphatic heterocycles. The molecule has 0 atom stereocenters. The Kier molecular flexibility index (Phi) is 5.20. The van der Waals surface area contributed by atoms with E-state index in [9.17, 15) is 9.90 Å². The van der Waals surface area contributed by atoms with Crippen LogP contribution in [0.25, 0.3) is 6.08 Å². The van der Waals surface area contributed by atoms with E-state index in [1.165, 1.54) is 11.8 Å². The van der Waals surface area contributed by atoms with E-state index in [4.69, 9.17) is 35.4 Å². The second-order valence-electron chi connectivity index (χ2n) is 5.02. The number of carbonyl (C=O) groups excluding carboxylic acids is 1. The van der Waals surface area contributed by atoms with Crippen molar-refractivity contribution < 1.29 is 9.90 Å². The maximum Gasteiger partial charge on any atom is 0.266 e. The number of amides is 1. The molecule has 0 radical (unpaired) electrons. The third kappa shape index (κ3) is 3.72. The van der Waals surface area contributed by atoms with E-state index >= 15 is 0 Å². The Labute approximate surface area is 142 Å². The van der Waals surface area contributed by atoms with E-state index < -0.39 is 0 Å². The van der Waals surface area contributed by atoms with Crippen LogP contribution in [0.1, 0.15) is 19.4 Å². The van der Waals surface area contributed by atoms with Crippen molar-refractivity contribution >= 4 is 63.5 Å². The predicted molar refractivity (Wildman–Crippen MR) is 92.8 cm³/mol. The SMILES string of the molecule is CC(C)CN1C(=O)/C(=C/c2cc(Cl)c(O)c(Cl)c2)SC1=S. The average Bonchev–Trinajstić information content (AvgIpc) is 2.63. The maximum atomic E-state index is 12.3. The van der Waals surface area contributed by atoms with Gasteiger partial charge in [0.2, 0.25) is 0 Å². The smallest absolute Gasteiger partial charge is 0.266 e. The lowest BCUT2D eigenvalue weighted by molar-refractivity contribution is -0.122. The first-order valence-electron chi connectivity index (χ1n) is 6.23. The minimum atomic E-state index is -0.164. The van der Waals surface area contributed by atoms with Crippen LogP contribution in [0.4, 0.5) is 0 Å². The molecule has 0 aliphatic carbocycles. The number of benzene rings is 1. The van der Waals surface area contributed by atoms with E-state index in [-0.39, 0.29) is 21.7 Å². The van der Waals surface area contributed by atoms with Crippen molar-refractivity contribution in [1.82, 2.24) is 4.90 Å². The number of thioether (sulfide) groups is 1. The second kappa shape index (κ2) is 6.57. The van der Waals surface area contributed by atoms with Gasteiger partial charge in [-0.1, -0.05) is 61.0 Å². The van der Waals surface area contributed by atoms with E-state index in [1.54, 1.807) is 23.1 Å². The van der Waals surface area contributed by atoms with Gasteiger partial charge in [0.25, 0.3) is 5.91 Å². The number of thiocarbonyl (C=S) groups is 1. The number of carbonyl (C=O) groups is 1. The van der Waals surface area contributed by atoms with Gasteiger partial charge < -0.3 is 5.11 Å². The molecule has 0 bridgehead atoms. The minimum Gasteiger partial charge on any atom is -0.505 e. The Morgan fingerprint density at radius 3 is 2.48 bits per heavy atom. The largest absolute Gasteiger partial charge is 0.505 e. The number of hydrogen-bond acceptors (Lipinski definition) is 4. The quantitative estimate of drug-likeness (QED) is 0.632. The molecule has 1 aromatic carbocycles. The summed E-state index contributed by atoms with van der Waals surface area (Å²) in [5.74, 6) is 0.0614. The highest BCUT2D eigenvalue weighted by Gasteiger charge is 2.32. The van der Waals surface area contributed by atoms with Crippen LogP contribution in [0.2, 0.25) is 10.0 Å². The molecule has 1 aliphatic rings. The fourth-order valence-corrected chi connectivity index (χ4v) is 3.62. The molecule has 1 N–H and O–H groups in total. The van der Waals surface area contributed by atoms with E-state index in [0.29, 0.717) is 27.3 Å². The number of aromatic hydroxyl groups is 1. The average molecular weight is 362 g/mol. The highest BCUT2D eigenvalue weighted by atomic mass is 35.5. The third-order valence-corrected chi connectivity index (χ3v) is 4.71. The Bertz CT molecular complexity index is 621. The Hall–Kier alpha value is -0.750. The molecule has 3 nitrogen and oxygen atoms in total. The molecule has 1 saturated heterocycles. The number of rotatable bonds is 3. The zero-order valence-corrected chi connectivity index (χ0v) is 14.5. The zero-order chi connectivity index (χ0) is 15.7. The summed E-state index contributed by atoms with van der Waals surface area (Å²) in [6, 6.07) is 3.11. The summed E-state index contributed by atoms with van der Waals surface area (Å²) in [5.41, 5.74) is 0.646. The molecule has 21 heavy (non-hydrogen) atoms. The number of halogens is 2. The molecule has 0 spiro atoms. The van der Waals surface area contributed by atoms with Crippen LogP contribution in [0, 0.1) is 5.92 Å². The van der Waals surface area contributed by atoms with Gasteiger partial charge in [0.05, 0.1) is 15.0 Å². The van der Waals surface area contributed by atoms with Gasteiger partial charge in [0, 0.05) is 6.54 Å². The van der Waals surface area contributed by atoms with Crippen molar-refractivity contribution in [3.05, 3.63) is 32.6 Å². The lowest BCUT2D eigenvalue weighted by Crippen LogP contribution is -2.31. The molecule has 0 saturated carbocycles. The first kappa shape index (κ1) is 16.6. The summed E-state index contributed by atoms with van der Waals surface area (Å²) >= 11 is 18.2. The zero-order valence-electron chi connectivity index (χ0n) is 11.4. The van der Waals surface area contributed by atoms with Crippen LogP contribution >= 0.6 is 47.2 Å². The Morgan fingerprint density at radius 1 is 1.38 bits per heavy atom. The van der Waals surface area contributed by atoms with Gasteiger partial charge in [-0.15, -0.1) is 0 Å². The Balaban J connectivity index is 2.31. The fraction of sp³-hybridized carbons (Fsp3) is 0.286. The maximum absolute atomic E-state index is 12.3. The molecule has 0 aromatic heterocycles. The van der Waals surface area contributed by atoms with Gasteiger partial charge in [-0.25, -0.2) is 0 Å². The van der Waals surface area contributed by atoms with Crippen LogP contribution in [0.5, 0.6) is 5.75 Å². The topological polar surface area (TPSA) is 40.5 Å². The van der Waals surface area contributed by atoms with Gasteiger partial charge in [0.1, 0.15) is 4.32 Å². The van der Waals surface area contributed by atoms with Gasteiger partial charge >= 0.3 is 0 Å². The monoisotopic (exact) mass is 361 g/mol. The molecule has 0 unspecified atom stereocenters. The second-order valence-corrected chi connectivity index (χ2v) is 7.51. The van der Waals surface area contributed by atoms with Crippen LogP contribution in [-0.2, 0) is 4.79 Å². The van der Waals surface area contributed by atoms with Crippen molar-refractivity contribution in [2.75, 3.05) is 6.54 Å². The number of phenolic OH excluding ortho intramolecular Hbond substituents is 1. The summed E-state index contributed by atoms with van der Waals surface area (Å²) in [6.07, 6.45) is 1.68. The van der Waals surface area contributed by atoms with Crippen LogP contribution in [0.3, 0.4) is 0 Å². The van der Waals surface area contributed by atoms with Crippen molar-refractivity contribution in [2.45, 2.75) is 13.8 Å². The van der Waals surface area contributed by atoms with Crippen molar-refractivity contribution in [3.8, 4) is 5.75 Å². The highest BCUT2D eigenvalue weighted by molar-refractivity contribution is 8.26. The first-order valence-corrected chi connectivity index (χ1v) is 8.21. The van der Waals surface area contributed by atoms with Crippen molar-refractivity contribution in [2.24, 2.45) is 5.92 Å². The van der Waals surface area contributed by atoms with Gasteiger partial charge in [0.15, 0.2) is 5.75 Å². The molecule has 112 valence electrons. The fourth-order valence-electron chi connectivity index (χ4n) is 1.84. The summed E-state index contributed by atoms with van der Waals surface area (Å²) < 4.78 is 0.552. The van der Waals surface area contributed by atoms with Crippen LogP contribution in [-0.4, -0.2) is 26.8 Å². The molecule has 7 heteroatoms. The lowest BCUT2D eigenvalue weighted by Gasteiger charge is -2.16. The standard InChI is InChI=1S/C14H13Cl2NO2S2/c1-7(2)6-17-13(19)11(21-14(17)20)5-8-3-9(15)12(18)10(16)4-8/h3-5,7,18H,6H2,1-2H3/b11-5-. The summed E-state index contributed by atoms with van der Waals surface area (Å²) in [6.45, 7) is 4.66. The lowest BCUT2D eigenvalue weighted by atomic mass is 10.2. The predicted octanol–water partition coefficient (Wildman–Crippen LogP) is 4.56. The van der Waals surface area contributed by atoms with Crippen LogP contribution in [0.15, 0.2) is 17.0 Å².